The normalized spacial score (nSPS) is 29.6. The summed E-state index contributed by atoms with van der Waals surface area (Å²) in [6.07, 6.45) is 0. The van der Waals surface area contributed by atoms with E-state index in [2.05, 4.69) is 5.43 Å². The van der Waals surface area contributed by atoms with Crippen molar-refractivity contribution in [3.8, 4) is 0 Å². The van der Waals surface area contributed by atoms with E-state index in [9.17, 15) is 9.59 Å². The first-order chi connectivity index (χ1) is 7.99. The molecule has 2 aliphatic rings. The molecule has 5 nitrogen and oxygen atoms in total. The summed E-state index contributed by atoms with van der Waals surface area (Å²) >= 11 is 0. The third kappa shape index (κ3) is 1.12. The molecule has 0 aliphatic carbocycles. The maximum absolute atomic E-state index is 12.2. The smallest absolute Gasteiger partial charge is 0.290 e. The number of ether oxygens (including phenoxy) is 1. The van der Waals surface area contributed by atoms with Gasteiger partial charge in [0.1, 0.15) is 5.60 Å². The lowest BCUT2D eigenvalue weighted by molar-refractivity contribution is -0.129. The minimum Gasteiger partial charge on any atom is -0.343 e. The van der Waals surface area contributed by atoms with Gasteiger partial charge in [-0.25, -0.2) is 5.01 Å². The number of benzene rings is 1. The number of hydrogen-bond donors (Lipinski definition) is 1. The van der Waals surface area contributed by atoms with Gasteiger partial charge in [0.15, 0.2) is 0 Å². The summed E-state index contributed by atoms with van der Waals surface area (Å²) in [7, 11) is 0. The molecule has 1 aromatic carbocycles. The Morgan fingerprint density at radius 3 is 2.24 bits per heavy atom. The van der Waals surface area contributed by atoms with Crippen molar-refractivity contribution < 1.29 is 14.3 Å². The molecule has 1 atom stereocenters. The molecule has 1 spiro atoms. The van der Waals surface area contributed by atoms with Crippen LogP contribution in [-0.2, 0) is 14.3 Å². The Balaban J connectivity index is 1.98. The zero-order valence-corrected chi connectivity index (χ0v) is 9.56. The fourth-order valence-corrected chi connectivity index (χ4v) is 2.22. The Labute approximate surface area is 98.3 Å². The first kappa shape index (κ1) is 10.3. The number of hydrazine groups is 1. The van der Waals surface area contributed by atoms with E-state index in [1.54, 1.807) is 38.1 Å². The molecular formula is C12H12N2O3. The van der Waals surface area contributed by atoms with Gasteiger partial charge in [0, 0.05) is 0 Å². The quantitative estimate of drug-likeness (QED) is 0.570. The van der Waals surface area contributed by atoms with Gasteiger partial charge in [0.05, 0.1) is 5.69 Å². The fraction of sp³-hybridized carbons (Fsp3) is 0.333. The summed E-state index contributed by atoms with van der Waals surface area (Å²) in [6.45, 7) is 3.47. The monoisotopic (exact) mass is 232 g/mol. The Kier molecular flexibility index (Phi) is 1.73. The van der Waals surface area contributed by atoms with Crippen molar-refractivity contribution in [2.24, 2.45) is 0 Å². The summed E-state index contributed by atoms with van der Waals surface area (Å²) in [5, 5.41) is 1.25. The molecule has 1 unspecified atom stereocenters. The maximum Gasteiger partial charge on any atom is 0.290 e. The number of amides is 2. The first-order valence-corrected chi connectivity index (χ1v) is 5.40. The summed E-state index contributed by atoms with van der Waals surface area (Å²) in [6, 6.07) is 8.97. The van der Waals surface area contributed by atoms with Gasteiger partial charge in [-0.2, -0.15) is 0 Å². The van der Waals surface area contributed by atoms with Crippen molar-refractivity contribution in [3.63, 3.8) is 0 Å². The highest BCUT2D eigenvalue weighted by atomic mass is 16.6. The molecule has 0 bridgehead atoms. The van der Waals surface area contributed by atoms with Crippen LogP contribution in [0.15, 0.2) is 30.3 Å². The van der Waals surface area contributed by atoms with E-state index in [0.717, 1.165) is 0 Å². The van der Waals surface area contributed by atoms with Gasteiger partial charge >= 0.3 is 0 Å². The third-order valence-electron chi connectivity index (χ3n) is 3.27. The number of nitrogens with zero attached hydrogens (tertiary/aromatic N) is 1. The molecule has 0 saturated carbocycles. The van der Waals surface area contributed by atoms with Crippen molar-refractivity contribution in [2.45, 2.75) is 25.0 Å². The Morgan fingerprint density at radius 1 is 1.18 bits per heavy atom. The van der Waals surface area contributed by atoms with Crippen molar-refractivity contribution in [1.82, 2.24) is 5.43 Å². The molecule has 2 saturated heterocycles. The second-order valence-electron chi connectivity index (χ2n) is 4.71. The summed E-state index contributed by atoms with van der Waals surface area (Å²) in [5.74, 6) is -0.741. The van der Waals surface area contributed by atoms with Crippen LogP contribution in [0.2, 0.25) is 0 Å². The standard InChI is InChI=1S/C12H12N2O3/c1-11(2)12(17-11)9(15)13-14(10(12)16)8-6-4-3-5-7-8/h3-7H,1-2H3,(H,13,15). The lowest BCUT2D eigenvalue weighted by Crippen LogP contribution is -2.37. The maximum atomic E-state index is 12.2. The molecule has 1 aromatic rings. The van der Waals surface area contributed by atoms with Crippen LogP contribution in [0.25, 0.3) is 0 Å². The first-order valence-electron chi connectivity index (χ1n) is 5.40. The topological polar surface area (TPSA) is 61.9 Å². The minimum absolute atomic E-state index is 0.348. The number of para-hydroxylation sites is 1. The van der Waals surface area contributed by atoms with E-state index in [-0.39, 0.29) is 5.91 Å². The average Bonchev–Trinajstić information content (AvgIpc) is 2.82. The molecule has 2 aliphatic heterocycles. The van der Waals surface area contributed by atoms with Crippen LogP contribution in [0.4, 0.5) is 5.69 Å². The predicted octanol–water partition coefficient (Wildman–Crippen LogP) is 0.612. The van der Waals surface area contributed by atoms with Gasteiger partial charge in [0.25, 0.3) is 17.4 Å². The fourth-order valence-electron chi connectivity index (χ4n) is 2.22. The molecule has 2 amide bonds. The van der Waals surface area contributed by atoms with E-state index in [0.29, 0.717) is 5.69 Å². The van der Waals surface area contributed by atoms with E-state index in [4.69, 9.17) is 4.74 Å². The summed E-state index contributed by atoms with van der Waals surface area (Å²) < 4.78 is 5.33. The Hall–Kier alpha value is -1.88. The van der Waals surface area contributed by atoms with Crippen LogP contribution in [0.5, 0.6) is 0 Å². The average molecular weight is 232 g/mol. The number of hydrogen-bond acceptors (Lipinski definition) is 3. The van der Waals surface area contributed by atoms with Gasteiger partial charge in [0.2, 0.25) is 0 Å². The number of nitrogens with one attached hydrogen (secondary N) is 1. The van der Waals surface area contributed by atoms with E-state index in [1.165, 1.54) is 5.01 Å². The Bertz CT molecular complexity index is 512. The molecular weight excluding hydrogens is 220 g/mol. The minimum atomic E-state index is -1.33. The Morgan fingerprint density at radius 2 is 1.76 bits per heavy atom. The van der Waals surface area contributed by atoms with Crippen LogP contribution >= 0.6 is 0 Å². The number of epoxide rings is 1. The SMILES string of the molecule is CC1(C)OC12C(=O)NN(c1ccccc1)C2=O. The van der Waals surface area contributed by atoms with Gasteiger partial charge in [-0.05, 0) is 26.0 Å². The third-order valence-corrected chi connectivity index (χ3v) is 3.27. The van der Waals surface area contributed by atoms with Crippen molar-refractivity contribution >= 4 is 17.5 Å². The number of carbonyl (C=O) groups excluding carboxylic acids is 2. The molecule has 17 heavy (non-hydrogen) atoms. The highest BCUT2D eigenvalue weighted by Gasteiger charge is 2.78. The molecule has 2 fully saturated rings. The van der Waals surface area contributed by atoms with Crippen LogP contribution in [0.1, 0.15) is 13.8 Å². The predicted molar refractivity (Wildman–Crippen MR) is 60.0 cm³/mol. The molecule has 1 N–H and O–H groups in total. The summed E-state index contributed by atoms with van der Waals surface area (Å²) in [5.41, 5.74) is 1.13. The van der Waals surface area contributed by atoms with Crippen molar-refractivity contribution in [1.29, 1.82) is 0 Å². The van der Waals surface area contributed by atoms with Crippen LogP contribution in [0, 0.1) is 0 Å². The lowest BCUT2D eigenvalue weighted by Gasteiger charge is -2.14. The molecule has 3 rings (SSSR count). The summed E-state index contributed by atoms with van der Waals surface area (Å²) in [4.78, 5) is 24.1. The van der Waals surface area contributed by atoms with E-state index in [1.807, 2.05) is 6.07 Å². The van der Waals surface area contributed by atoms with Gasteiger partial charge < -0.3 is 4.74 Å². The van der Waals surface area contributed by atoms with Crippen LogP contribution < -0.4 is 10.4 Å². The van der Waals surface area contributed by atoms with Crippen molar-refractivity contribution in [3.05, 3.63) is 30.3 Å². The number of carbonyl (C=O) groups is 2. The van der Waals surface area contributed by atoms with Gasteiger partial charge in [-0.1, -0.05) is 18.2 Å². The van der Waals surface area contributed by atoms with Crippen LogP contribution in [-0.4, -0.2) is 23.0 Å². The number of rotatable bonds is 1. The number of anilines is 1. The lowest BCUT2D eigenvalue weighted by atomic mass is 9.95. The largest absolute Gasteiger partial charge is 0.343 e. The van der Waals surface area contributed by atoms with Gasteiger partial charge in [-0.3, -0.25) is 15.0 Å². The molecule has 0 aromatic heterocycles. The second kappa shape index (κ2) is 2.87. The zero-order chi connectivity index (χ0) is 12.3. The highest BCUT2D eigenvalue weighted by Crippen LogP contribution is 2.51. The van der Waals surface area contributed by atoms with Crippen LogP contribution in [0.3, 0.4) is 0 Å². The van der Waals surface area contributed by atoms with E-state index < -0.39 is 17.1 Å². The molecule has 5 heteroatoms. The molecule has 88 valence electrons. The second-order valence-corrected chi connectivity index (χ2v) is 4.71. The molecule has 0 radical (unpaired) electrons. The zero-order valence-electron chi connectivity index (χ0n) is 9.56. The molecule has 2 heterocycles. The highest BCUT2D eigenvalue weighted by molar-refractivity contribution is 6.24. The van der Waals surface area contributed by atoms with E-state index >= 15 is 0 Å². The van der Waals surface area contributed by atoms with Crippen molar-refractivity contribution in [2.75, 3.05) is 5.01 Å². The van der Waals surface area contributed by atoms with Gasteiger partial charge in [-0.15, -0.1) is 0 Å².